The molecule has 0 fully saturated rings. The van der Waals surface area contributed by atoms with Crippen molar-refractivity contribution in [2.45, 2.75) is 148 Å². The molecule has 0 spiro atoms. The fourth-order valence-electron chi connectivity index (χ4n) is 9.50. The number of rotatable bonds is 12. The van der Waals surface area contributed by atoms with Gasteiger partial charge < -0.3 is 8.85 Å². The SMILES string of the molecule is CC(C)[Si](Oc1cccc(C[C@@]23CCCC=C2c2ccc(O[Si](C(C)C)(C(C)C)C(C)C)cc2C3)c1)(C(C)C)C(C)C. The minimum absolute atomic E-state index is 0.170. The van der Waals surface area contributed by atoms with Crippen LogP contribution in [0.4, 0.5) is 0 Å². The molecule has 232 valence electrons. The lowest BCUT2D eigenvalue weighted by molar-refractivity contribution is 0.353. The van der Waals surface area contributed by atoms with E-state index in [0.29, 0.717) is 33.2 Å². The molecule has 0 unspecified atom stereocenters. The molecule has 1 atom stereocenters. The molecule has 2 aromatic rings. The van der Waals surface area contributed by atoms with Crippen molar-refractivity contribution in [2.75, 3.05) is 0 Å². The van der Waals surface area contributed by atoms with Crippen LogP contribution in [0.2, 0.25) is 33.2 Å². The topological polar surface area (TPSA) is 18.5 Å². The van der Waals surface area contributed by atoms with Crippen LogP contribution in [0.15, 0.2) is 48.5 Å². The smallest absolute Gasteiger partial charge is 0.258 e. The lowest BCUT2D eigenvalue weighted by Crippen LogP contribution is -2.50. The van der Waals surface area contributed by atoms with Crippen LogP contribution in [-0.2, 0) is 12.8 Å². The second-order valence-corrected chi connectivity index (χ2v) is 26.2. The van der Waals surface area contributed by atoms with E-state index in [1.54, 1.807) is 5.57 Å². The van der Waals surface area contributed by atoms with E-state index in [9.17, 15) is 0 Å². The number of allylic oxidation sites excluding steroid dienone is 2. The van der Waals surface area contributed by atoms with Gasteiger partial charge in [-0.25, -0.2) is 0 Å². The molecule has 4 heteroatoms. The molecule has 0 saturated heterocycles. The summed E-state index contributed by atoms with van der Waals surface area (Å²) in [6.45, 7) is 28.5. The van der Waals surface area contributed by atoms with Gasteiger partial charge in [-0.1, -0.05) is 107 Å². The second kappa shape index (κ2) is 12.7. The zero-order valence-electron chi connectivity index (χ0n) is 28.9. The highest BCUT2D eigenvalue weighted by molar-refractivity contribution is 6.78. The Balaban J connectivity index is 1.65. The van der Waals surface area contributed by atoms with Crippen molar-refractivity contribution in [3.8, 4) is 11.5 Å². The zero-order chi connectivity index (χ0) is 31.0. The van der Waals surface area contributed by atoms with Gasteiger partial charge in [-0.15, -0.1) is 0 Å². The summed E-state index contributed by atoms with van der Waals surface area (Å²) in [7, 11) is -3.99. The fraction of sp³-hybridized carbons (Fsp3) is 0.632. The minimum atomic E-state index is -2.00. The summed E-state index contributed by atoms with van der Waals surface area (Å²) in [5.74, 6) is 2.18. The average Bonchev–Trinajstić information content (AvgIpc) is 3.22. The predicted octanol–water partition coefficient (Wildman–Crippen LogP) is 12.1. The maximum atomic E-state index is 7.14. The van der Waals surface area contributed by atoms with Gasteiger partial charge in [0, 0.05) is 5.41 Å². The Bertz CT molecular complexity index is 1210. The maximum absolute atomic E-state index is 7.14. The molecule has 0 radical (unpaired) electrons. The average molecular weight is 605 g/mol. The summed E-state index contributed by atoms with van der Waals surface area (Å²) < 4.78 is 14.3. The van der Waals surface area contributed by atoms with Crippen molar-refractivity contribution in [1.82, 2.24) is 0 Å². The molecule has 2 aliphatic carbocycles. The van der Waals surface area contributed by atoms with E-state index in [1.807, 2.05) is 0 Å². The van der Waals surface area contributed by atoms with Gasteiger partial charge in [0.2, 0.25) is 0 Å². The zero-order valence-corrected chi connectivity index (χ0v) is 30.9. The standard InChI is InChI=1S/C38H60O2Si2/c1-26(2)41(27(3)4,28(5)6)39-34-17-15-16-32(22-34)24-38-21-14-13-18-37(38)36-20-19-35(23-33(36)25-38)40-42(29(7)8,30(9)10)31(11)12/h15-20,22-23,26-31H,13-14,21,24-25H2,1-12H3/t38-/m1/s1. The lowest BCUT2D eigenvalue weighted by atomic mass is 9.69. The number of benzene rings is 2. The first-order valence-corrected chi connectivity index (χ1v) is 21.3. The summed E-state index contributed by atoms with van der Waals surface area (Å²) >= 11 is 0. The molecule has 2 nitrogen and oxygen atoms in total. The molecular formula is C38H60O2Si2. The number of fused-ring (bicyclic) bond motifs is 3. The van der Waals surface area contributed by atoms with E-state index in [0.717, 1.165) is 24.3 Å². The van der Waals surface area contributed by atoms with Gasteiger partial charge in [0.15, 0.2) is 0 Å². The second-order valence-electron chi connectivity index (χ2n) is 15.4. The summed E-state index contributed by atoms with van der Waals surface area (Å²) in [6, 6.07) is 16.2. The van der Waals surface area contributed by atoms with Crippen LogP contribution >= 0.6 is 0 Å². The van der Waals surface area contributed by atoms with Crippen molar-refractivity contribution >= 4 is 22.2 Å². The third kappa shape index (κ3) is 5.84. The van der Waals surface area contributed by atoms with Gasteiger partial charge in [0.05, 0.1) is 0 Å². The molecule has 2 aromatic carbocycles. The van der Waals surface area contributed by atoms with Crippen LogP contribution < -0.4 is 8.85 Å². The van der Waals surface area contributed by atoms with Crippen LogP contribution in [0.3, 0.4) is 0 Å². The molecule has 0 aliphatic heterocycles. The molecule has 0 N–H and O–H groups in total. The lowest BCUT2D eigenvalue weighted by Gasteiger charge is -2.42. The first-order chi connectivity index (χ1) is 19.7. The van der Waals surface area contributed by atoms with Crippen molar-refractivity contribution in [3.63, 3.8) is 0 Å². The molecule has 4 rings (SSSR count). The maximum Gasteiger partial charge on any atom is 0.258 e. The van der Waals surface area contributed by atoms with Crippen molar-refractivity contribution in [2.24, 2.45) is 5.41 Å². The molecule has 0 aromatic heterocycles. The Morgan fingerprint density at radius 3 is 1.71 bits per heavy atom. The molecule has 42 heavy (non-hydrogen) atoms. The largest absolute Gasteiger partial charge is 0.543 e. The number of hydrogen-bond acceptors (Lipinski definition) is 2. The molecule has 0 amide bonds. The van der Waals surface area contributed by atoms with Gasteiger partial charge >= 0.3 is 0 Å². The van der Waals surface area contributed by atoms with E-state index < -0.39 is 16.6 Å². The molecule has 2 aliphatic rings. The third-order valence-corrected chi connectivity index (χ3v) is 23.1. The normalized spacial score (nSPS) is 19.2. The van der Waals surface area contributed by atoms with Crippen LogP contribution in [0, 0.1) is 5.41 Å². The van der Waals surface area contributed by atoms with Crippen LogP contribution in [0.5, 0.6) is 11.5 Å². The highest BCUT2D eigenvalue weighted by Crippen LogP contribution is 2.55. The molecule has 0 bridgehead atoms. The van der Waals surface area contributed by atoms with Gasteiger partial charge in [-0.2, -0.15) is 0 Å². The highest BCUT2D eigenvalue weighted by atomic mass is 28.4. The Morgan fingerprint density at radius 1 is 0.667 bits per heavy atom. The van der Waals surface area contributed by atoms with Crippen LogP contribution in [0.25, 0.3) is 5.57 Å². The van der Waals surface area contributed by atoms with Gasteiger partial charge in [-0.05, 0) is 112 Å². The minimum Gasteiger partial charge on any atom is -0.543 e. The van der Waals surface area contributed by atoms with Crippen LogP contribution in [-0.4, -0.2) is 16.6 Å². The molecule has 0 heterocycles. The summed E-state index contributed by atoms with van der Waals surface area (Å²) in [5, 5.41) is 0. The van der Waals surface area contributed by atoms with Crippen molar-refractivity contribution in [3.05, 3.63) is 65.2 Å². The Hall–Kier alpha value is -1.79. The Morgan fingerprint density at radius 2 is 1.19 bits per heavy atom. The Labute approximate surface area is 261 Å². The monoisotopic (exact) mass is 604 g/mol. The quantitative estimate of drug-likeness (QED) is 0.224. The van der Waals surface area contributed by atoms with E-state index in [2.05, 4.69) is 132 Å². The summed E-state index contributed by atoms with van der Waals surface area (Å²) in [5.41, 5.74) is 9.52. The molecular weight excluding hydrogens is 545 g/mol. The van der Waals surface area contributed by atoms with Gasteiger partial charge in [-0.3, -0.25) is 0 Å². The third-order valence-electron chi connectivity index (χ3n) is 11.1. The highest BCUT2D eigenvalue weighted by Gasteiger charge is 2.49. The van der Waals surface area contributed by atoms with E-state index in [-0.39, 0.29) is 5.41 Å². The first kappa shape index (κ1) is 33.1. The Kier molecular flexibility index (Phi) is 9.99. The molecule has 0 saturated carbocycles. The van der Waals surface area contributed by atoms with Crippen molar-refractivity contribution < 1.29 is 8.85 Å². The van der Waals surface area contributed by atoms with E-state index in [1.165, 1.54) is 36.0 Å². The van der Waals surface area contributed by atoms with Gasteiger partial charge in [0.1, 0.15) is 11.5 Å². The fourth-order valence-corrected chi connectivity index (χ4v) is 20.0. The van der Waals surface area contributed by atoms with E-state index in [4.69, 9.17) is 8.85 Å². The first-order valence-electron chi connectivity index (χ1n) is 17.0. The van der Waals surface area contributed by atoms with Crippen LogP contribution in [0.1, 0.15) is 119 Å². The predicted molar refractivity (Wildman–Crippen MR) is 188 cm³/mol. The summed E-state index contributed by atoms with van der Waals surface area (Å²) in [4.78, 5) is 0. The van der Waals surface area contributed by atoms with E-state index >= 15 is 0 Å². The van der Waals surface area contributed by atoms with Gasteiger partial charge in [0.25, 0.3) is 16.6 Å². The summed E-state index contributed by atoms with van der Waals surface area (Å²) in [6.07, 6.45) is 8.44. The van der Waals surface area contributed by atoms with Crippen molar-refractivity contribution in [1.29, 1.82) is 0 Å². The number of hydrogen-bond donors (Lipinski definition) is 0.